The molecule has 0 atom stereocenters. The first kappa shape index (κ1) is 9.33. The van der Waals surface area contributed by atoms with Gasteiger partial charge in [-0.15, -0.1) is 0 Å². The maximum Gasteiger partial charge on any atom is 0.167 e. The van der Waals surface area contributed by atoms with Gasteiger partial charge >= 0.3 is 0 Å². The Hall–Kier alpha value is -1.23. The second-order valence-corrected chi connectivity index (χ2v) is 3.10. The average molecular weight is 210 g/mol. The number of benzene rings is 1. The molecule has 4 nitrogen and oxygen atoms in total. The molecule has 0 fully saturated rings. The molecule has 0 saturated heterocycles. The number of hydrazine groups is 2. The van der Waals surface area contributed by atoms with Crippen molar-refractivity contribution in [3.8, 4) is 0 Å². The van der Waals surface area contributed by atoms with Crippen LogP contribution in [0, 0.1) is 6.17 Å². The van der Waals surface area contributed by atoms with E-state index in [-0.39, 0.29) is 0 Å². The summed E-state index contributed by atoms with van der Waals surface area (Å²) < 4.78 is 1.24. The van der Waals surface area contributed by atoms with Crippen LogP contribution in [0.3, 0.4) is 0 Å². The highest BCUT2D eigenvalue weighted by Crippen LogP contribution is 2.11. The van der Waals surface area contributed by atoms with Crippen molar-refractivity contribution in [3.63, 3.8) is 0 Å². The van der Waals surface area contributed by atoms with E-state index in [2.05, 4.69) is 16.2 Å². The van der Waals surface area contributed by atoms with Crippen molar-refractivity contribution < 1.29 is 0 Å². The number of halogens is 1. The molecule has 0 aliphatic carbocycles. The first-order valence-corrected chi connectivity index (χ1v) is 4.53. The fourth-order valence-electron chi connectivity index (χ4n) is 1.11. The summed E-state index contributed by atoms with van der Waals surface area (Å²) in [7, 11) is 0. The minimum atomic E-state index is 0.810. The Kier molecular flexibility index (Phi) is 2.88. The van der Waals surface area contributed by atoms with Crippen LogP contribution >= 0.6 is 11.8 Å². The summed E-state index contributed by atoms with van der Waals surface area (Å²) in [6.07, 6.45) is 4.39. The maximum atomic E-state index is 5.68. The lowest BCUT2D eigenvalue weighted by molar-refractivity contribution is 0.290. The number of nitrogens with one attached hydrogen (secondary N) is 3. The molecule has 1 aliphatic rings. The highest BCUT2D eigenvalue weighted by molar-refractivity contribution is 6.12. The van der Waals surface area contributed by atoms with Gasteiger partial charge in [-0.2, -0.15) is 5.43 Å². The zero-order valence-corrected chi connectivity index (χ0v) is 8.12. The molecule has 1 radical (unpaired) electrons. The molecule has 0 unspecified atom stereocenters. The van der Waals surface area contributed by atoms with Crippen LogP contribution in [-0.2, 0) is 0 Å². The third kappa shape index (κ3) is 2.38. The van der Waals surface area contributed by atoms with E-state index in [0.29, 0.717) is 0 Å². The molecule has 0 amide bonds. The minimum Gasteiger partial charge on any atom is -0.360 e. The molecule has 14 heavy (non-hydrogen) atoms. The van der Waals surface area contributed by atoms with E-state index < -0.39 is 0 Å². The number of hydrogen-bond acceptors (Lipinski definition) is 4. The molecule has 0 bridgehead atoms. The van der Waals surface area contributed by atoms with Gasteiger partial charge in [0, 0.05) is 23.7 Å². The molecular formula is C9H10ClN4. The van der Waals surface area contributed by atoms with E-state index in [1.54, 1.807) is 6.20 Å². The van der Waals surface area contributed by atoms with E-state index in [9.17, 15) is 0 Å². The van der Waals surface area contributed by atoms with Gasteiger partial charge in [-0.3, -0.25) is 5.43 Å². The predicted octanol–water partition coefficient (Wildman–Crippen LogP) is 1.58. The molecule has 0 aromatic heterocycles. The molecule has 1 aromatic rings. The number of anilines is 1. The molecule has 2 rings (SSSR count). The molecule has 5 heteroatoms. The Morgan fingerprint density at radius 2 is 2.00 bits per heavy atom. The Morgan fingerprint density at radius 1 is 1.21 bits per heavy atom. The third-order valence-corrected chi connectivity index (χ3v) is 1.89. The van der Waals surface area contributed by atoms with Gasteiger partial charge in [0.25, 0.3) is 0 Å². The van der Waals surface area contributed by atoms with Gasteiger partial charge in [-0.25, -0.2) is 0 Å². The fourth-order valence-corrected chi connectivity index (χ4v) is 1.26. The Balaban J connectivity index is 1.98. The zero-order chi connectivity index (χ0) is 9.80. The van der Waals surface area contributed by atoms with Crippen molar-refractivity contribution in [1.29, 1.82) is 0 Å². The molecule has 1 aliphatic heterocycles. The summed E-state index contributed by atoms with van der Waals surface area (Å²) in [5.74, 6) is 0. The van der Waals surface area contributed by atoms with Crippen LogP contribution < -0.4 is 16.2 Å². The third-order valence-electron chi connectivity index (χ3n) is 1.71. The lowest BCUT2D eigenvalue weighted by Crippen LogP contribution is -2.45. The summed E-state index contributed by atoms with van der Waals surface area (Å²) in [5.41, 5.74) is 6.62. The summed E-state index contributed by atoms with van der Waals surface area (Å²) in [6.45, 7) is 0. The van der Waals surface area contributed by atoms with Crippen LogP contribution in [0.4, 0.5) is 5.69 Å². The Bertz CT molecular complexity index is 314. The topological polar surface area (TPSA) is 39.3 Å². The van der Waals surface area contributed by atoms with Crippen molar-refractivity contribution >= 4 is 17.5 Å². The first-order chi connectivity index (χ1) is 6.84. The zero-order valence-electron chi connectivity index (χ0n) is 7.37. The first-order valence-electron chi connectivity index (χ1n) is 4.19. The van der Waals surface area contributed by atoms with E-state index in [1.165, 1.54) is 4.64 Å². The highest BCUT2D eigenvalue weighted by atomic mass is 35.5. The van der Waals surface area contributed by atoms with Crippen LogP contribution in [-0.4, -0.2) is 4.64 Å². The number of nitrogens with zero attached hydrogens (tertiary/aromatic N) is 1. The second kappa shape index (κ2) is 4.32. The summed E-state index contributed by atoms with van der Waals surface area (Å²) in [6, 6.07) is 9.85. The summed E-state index contributed by atoms with van der Waals surface area (Å²) in [4.78, 5) is 0. The molecule has 73 valence electrons. The van der Waals surface area contributed by atoms with Gasteiger partial charge in [0.2, 0.25) is 0 Å². The Labute approximate surface area is 87.6 Å². The molecule has 0 spiro atoms. The Morgan fingerprint density at radius 3 is 2.71 bits per heavy atom. The molecule has 1 aromatic carbocycles. The minimum absolute atomic E-state index is 0.810. The van der Waals surface area contributed by atoms with Crippen molar-refractivity contribution in [3.05, 3.63) is 48.8 Å². The van der Waals surface area contributed by atoms with E-state index in [1.807, 2.05) is 36.4 Å². The van der Waals surface area contributed by atoms with Crippen molar-refractivity contribution in [2.24, 2.45) is 0 Å². The van der Waals surface area contributed by atoms with Crippen LogP contribution in [0.15, 0.2) is 42.6 Å². The highest BCUT2D eigenvalue weighted by Gasteiger charge is 2.12. The smallest absolute Gasteiger partial charge is 0.167 e. The number of hydrogen-bond donors (Lipinski definition) is 3. The molecule has 1 heterocycles. The molecular weight excluding hydrogens is 200 g/mol. The summed E-state index contributed by atoms with van der Waals surface area (Å²) >= 11 is 5.68. The van der Waals surface area contributed by atoms with Crippen LogP contribution in [0.5, 0.6) is 0 Å². The van der Waals surface area contributed by atoms with Gasteiger partial charge < -0.3 is 5.32 Å². The van der Waals surface area contributed by atoms with Gasteiger partial charge in [0.1, 0.15) is 0 Å². The number of rotatable bonds is 2. The number of para-hydroxylation sites is 1. The van der Waals surface area contributed by atoms with Crippen LogP contribution in [0.2, 0.25) is 0 Å². The predicted molar refractivity (Wildman–Crippen MR) is 56.4 cm³/mol. The van der Waals surface area contributed by atoms with Gasteiger partial charge in [0.15, 0.2) is 6.17 Å². The lowest BCUT2D eigenvalue weighted by Gasteiger charge is -2.25. The lowest BCUT2D eigenvalue weighted by atomic mass is 10.3. The average Bonchev–Trinajstić information content (AvgIpc) is 2.19. The van der Waals surface area contributed by atoms with Crippen molar-refractivity contribution in [2.45, 2.75) is 0 Å². The second-order valence-electron chi connectivity index (χ2n) is 2.76. The quantitative estimate of drug-likeness (QED) is 0.647. The standard InChI is InChI=1S/C9H10ClN4/c10-14-11-7-6-9(13-14)12-8-4-2-1-3-5-8/h1-7,11-13H. The monoisotopic (exact) mass is 209 g/mol. The van der Waals surface area contributed by atoms with Crippen molar-refractivity contribution in [1.82, 2.24) is 15.5 Å². The van der Waals surface area contributed by atoms with E-state index in [0.717, 1.165) is 11.9 Å². The van der Waals surface area contributed by atoms with Crippen LogP contribution in [0.1, 0.15) is 0 Å². The summed E-state index contributed by atoms with van der Waals surface area (Å²) in [5, 5.41) is 3.16. The van der Waals surface area contributed by atoms with Gasteiger partial charge in [-0.05, 0) is 18.2 Å². The van der Waals surface area contributed by atoms with Crippen molar-refractivity contribution in [2.75, 3.05) is 5.32 Å². The van der Waals surface area contributed by atoms with Gasteiger partial charge in [0.05, 0.1) is 0 Å². The largest absolute Gasteiger partial charge is 0.360 e. The SMILES string of the molecule is ClN1NC=C[C](Nc2ccccc2)N1. The fraction of sp³-hybridized carbons (Fsp3) is 0. The molecule has 3 N–H and O–H groups in total. The maximum absolute atomic E-state index is 5.68. The molecule has 0 saturated carbocycles. The van der Waals surface area contributed by atoms with E-state index >= 15 is 0 Å². The van der Waals surface area contributed by atoms with E-state index in [4.69, 9.17) is 11.8 Å². The van der Waals surface area contributed by atoms with Gasteiger partial charge in [-0.1, -0.05) is 22.8 Å². The normalized spacial score (nSPS) is 17.8. The van der Waals surface area contributed by atoms with Crippen LogP contribution in [0.25, 0.3) is 0 Å².